The van der Waals surface area contributed by atoms with Gasteiger partial charge in [-0.1, -0.05) is 40.2 Å². The Bertz CT molecular complexity index is 1640. The van der Waals surface area contributed by atoms with Crippen LogP contribution in [0, 0.1) is 25.6 Å². The molecule has 0 bridgehead atoms. The topological polar surface area (TPSA) is 61.4 Å². The molecule has 5 nitrogen and oxygen atoms in total. The van der Waals surface area contributed by atoms with Crippen molar-refractivity contribution < 1.29 is 27.2 Å². The van der Waals surface area contributed by atoms with Gasteiger partial charge in [-0.2, -0.15) is 13.2 Å². The third-order valence-electron chi connectivity index (χ3n) is 10.7. The van der Waals surface area contributed by atoms with E-state index in [1.54, 1.807) is 25.7 Å². The zero-order valence-corrected chi connectivity index (χ0v) is 28.2. The lowest BCUT2D eigenvalue weighted by Gasteiger charge is -2.41. The number of aryl methyl sites for hydroxylation is 2. The van der Waals surface area contributed by atoms with Crippen LogP contribution >= 0.6 is 0 Å². The number of alkyl halides is 3. The van der Waals surface area contributed by atoms with Gasteiger partial charge in [0, 0.05) is 24.0 Å². The Balaban J connectivity index is 1.48. The highest BCUT2D eigenvalue weighted by molar-refractivity contribution is 6.54. The Hall–Kier alpha value is -3.56. The second kappa shape index (κ2) is 12.8. The molecule has 2 aliphatic rings. The molecule has 0 spiro atoms. The quantitative estimate of drug-likeness (QED) is 0.321. The van der Waals surface area contributed by atoms with Crippen molar-refractivity contribution in [1.29, 1.82) is 0 Å². The zero-order chi connectivity index (χ0) is 34.5. The molecule has 242 valence electrons. The van der Waals surface area contributed by atoms with Crippen LogP contribution < -0.4 is 16.1 Å². The van der Waals surface area contributed by atoms with Gasteiger partial charge in [0.2, 0.25) is 5.91 Å². The maximum atomic E-state index is 15.3. The van der Waals surface area contributed by atoms with E-state index in [4.69, 9.17) is 0 Å². The maximum Gasteiger partial charge on any atom is 0.416 e. The maximum absolute atomic E-state index is 15.3. The van der Waals surface area contributed by atoms with E-state index in [1.165, 1.54) is 25.1 Å². The SMILES string of the molecule is Bc1cc(C)c(C(=O)N2CCC[C@H](C(=O)Nc3ccc(C)c(C(F)(F)F)c3)[C@@H]2c2ccc(NC3CC(B)(B)C(B)(B)C3)cc2)c(F)c1. The monoisotopic (exact) mass is 641 g/mol. The molecule has 2 atom stereocenters. The number of amides is 2. The van der Waals surface area contributed by atoms with Gasteiger partial charge in [-0.05, 0) is 86.6 Å². The summed E-state index contributed by atoms with van der Waals surface area (Å²) in [6, 6.07) is 14.0. The lowest BCUT2D eigenvalue weighted by molar-refractivity contribution is -0.138. The summed E-state index contributed by atoms with van der Waals surface area (Å²) in [4.78, 5) is 29.5. The van der Waals surface area contributed by atoms with Gasteiger partial charge in [-0.3, -0.25) is 9.59 Å². The third-order valence-corrected chi connectivity index (χ3v) is 10.7. The van der Waals surface area contributed by atoms with Crippen molar-refractivity contribution in [2.24, 2.45) is 5.92 Å². The molecule has 3 aromatic rings. The molecule has 2 fully saturated rings. The molecule has 5 rings (SSSR count). The van der Waals surface area contributed by atoms with Crippen molar-refractivity contribution in [2.75, 3.05) is 17.2 Å². The van der Waals surface area contributed by atoms with Crippen LogP contribution in [0.25, 0.3) is 0 Å². The molecule has 47 heavy (non-hydrogen) atoms. The van der Waals surface area contributed by atoms with Gasteiger partial charge in [0.1, 0.15) is 13.7 Å². The molecule has 3 aromatic carbocycles. The number of anilines is 2. The first-order valence-corrected chi connectivity index (χ1v) is 16.3. The van der Waals surface area contributed by atoms with Gasteiger partial charge >= 0.3 is 6.18 Å². The molecule has 0 radical (unpaired) electrons. The average Bonchev–Trinajstić information content (AvgIpc) is 3.17. The summed E-state index contributed by atoms with van der Waals surface area (Å²) < 4.78 is 56.2. The number of likely N-dealkylation sites (tertiary alicyclic amines) is 1. The van der Waals surface area contributed by atoms with Gasteiger partial charge in [0.15, 0.2) is 0 Å². The smallest absolute Gasteiger partial charge is 0.382 e. The highest BCUT2D eigenvalue weighted by Crippen LogP contribution is 2.55. The van der Waals surface area contributed by atoms with Crippen molar-refractivity contribution in [1.82, 2.24) is 4.90 Å². The Morgan fingerprint density at radius 1 is 0.894 bits per heavy atom. The number of benzene rings is 3. The fourth-order valence-electron chi connectivity index (χ4n) is 7.45. The summed E-state index contributed by atoms with van der Waals surface area (Å²) in [5, 5.41) is 6.69. The largest absolute Gasteiger partial charge is 0.416 e. The highest BCUT2D eigenvalue weighted by atomic mass is 19.4. The second-order valence-electron chi connectivity index (χ2n) is 14.8. The van der Waals surface area contributed by atoms with E-state index in [1.807, 2.05) is 24.3 Å². The van der Waals surface area contributed by atoms with Crippen LogP contribution in [0.4, 0.5) is 28.9 Å². The van der Waals surface area contributed by atoms with Crippen LogP contribution in [0.5, 0.6) is 0 Å². The minimum atomic E-state index is -4.57. The standard InChI is InChI=1S/C33H40B5F4N3O2/c1-17-5-8-22(14-25(17)33(40,41)42)44-29(46)24-4-3-11-45(30(47)27-18(2)12-20(34)13-26(27)39)28(24)19-6-9-21(10-7-19)43-23-15-31(35,36)32(37,38)16-23/h5-10,12-14,23-24,28,43H,3-4,11,15-16,34-38H2,1-2H3,(H,44,46)/t24-,28-/m0/s1. The van der Waals surface area contributed by atoms with Gasteiger partial charge in [0.05, 0.1) is 54.5 Å². The van der Waals surface area contributed by atoms with E-state index < -0.39 is 41.3 Å². The number of hydrogen-bond acceptors (Lipinski definition) is 3. The van der Waals surface area contributed by atoms with Crippen LogP contribution in [-0.4, -0.2) is 68.5 Å². The minimum Gasteiger partial charge on any atom is -0.382 e. The van der Waals surface area contributed by atoms with E-state index in [0.29, 0.717) is 42.0 Å². The van der Waals surface area contributed by atoms with Crippen molar-refractivity contribution in [3.05, 3.63) is 88.2 Å². The van der Waals surface area contributed by atoms with Crippen LogP contribution in [0.3, 0.4) is 0 Å². The molecule has 2 N–H and O–H groups in total. The molecular weight excluding hydrogens is 600 g/mol. The van der Waals surface area contributed by atoms with Crippen molar-refractivity contribution in [3.8, 4) is 0 Å². The van der Waals surface area contributed by atoms with E-state index in [2.05, 4.69) is 42.0 Å². The number of halogens is 4. The third kappa shape index (κ3) is 7.16. The first-order chi connectivity index (χ1) is 21.9. The normalized spacial score (nSPS) is 20.9. The van der Waals surface area contributed by atoms with E-state index >= 15 is 4.39 Å². The number of carbonyl (C=O) groups excluding carboxylic acids is 2. The number of nitrogens with zero attached hydrogens (tertiary/aromatic N) is 1. The minimum absolute atomic E-state index is 0.0255. The number of nitrogens with one attached hydrogen (secondary N) is 2. The molecule has 0 unspecified atom stereocenters. The first kappa shape index (κ1) is 34.8. The molecule has 1 saturated carbocycles. The Kier molecular flexibility index (Phi) is 9.48. The van der Waals surface area contributed by atoms with Crippen LogP contribution in [0.15, 0.2) is 54.6 Å². The summed E-state index contributed by atoms with van der Waals surface area (Å²) in [5.74, 6) is -2.43. The van der Waals surface area contributed by atoms with E-state index in [-0.39, 0.29) is 27.2 Å². The summed E-state index contributed by atoms with van der Waals surface area (Å²) in [7, 11) is 10.9. The molecule has 1 aliphatic heterocycles. The first-order valence-electron chi connectivity index (χ1n) is 16.3. The van der Waals surface area contributed by atoms with Gasteiger partial charge in [-0.15, -0.1) is 0 Å². The Labute approximate surface area is 279 Å². The Morgan fingerprint density at radius 3 is 2.11 bits per heavy atom. The zero-order valence-electron chi connectivity index (χ0n) is 28.2. The predicted molar refractivity (Wildman–Crippen MR) is 193 cm³/mol. The van der Waals surface area contributed by atoms with Crippen molar-refractivity contribution >= 4 is 67.9 Å². The molecular formula is C33H40B5F4N3O2. The van der Waals surface area contributed by atoms with Crippen molar-refractivity contribution in [2.45, 2.75) is 68.2 Å². The fraction of sp³-hybridized carbons (Fsp3) is 0.394. The summed E-state index contributed by atoms with van der Waals surface area (Å²) >= 11 is 0. The summed E-state index contributed by atoms with van der Waals surface area (Å²) in [5.41, 5.74) is 2.02. The molecule has 1 aliphatic carbocycles. The molecule has 1 heterocycles. The molecule has 14 heteroatoms. The Morgan fingerprint density at radius 2 is 1.51 bits per heavy atom. The number of hydrogen-bond donors (Lipinski definition) is 2. The molecule has 1 saturated heterocycles. The molecule has 0 aromatic heterocycles. The summed E-state index contributed by atoms with van der Waals surface area (Å²) in [6.45, 7) is 3.36. The van der Waals surface area contributed by atoms with E-state index in [0.717, 1.165) is 24.6 Å². The van der Waals surface area contributed by atoms with Crippen LogP contribution in [0.1, 0.15) is 64.3 Å². The fourth-order valence-corrected chi connectivity index (χ4v) is 7.45. The number of carbonyl (C=O) groups is 2. The summed E-state index contributed by atoms with van der Waals surface area (Å²) in [6.07, 6.45) is -1.66. The van der Waals surface area contributed by atoms with Crippen molar-refractivity contribution in [3.63, 3.8) is 0 Å². The lowest BCUT2D eigenvalue weighted by Crippen LogP contribution is -2.47. The van der Waals surface area contributed by atoms with Crippen LogP contribution in [0.2, 0.25) is 10.4 Å². The van der Waals surface area contributed by atoms with Crippen LogP contribution in [-0.2, 0) is 11.0 Å². The average molecular weight is 641 g/mol. The second-order valence-corrected chi connectivity index (χ2v) is 14.8. The number of piperidine rings is 1. The van der Waals surface area contributed by atoms with Gasteiger partial charge in [0.25, 0.3) is 5.91 Å². The predicted octanol–water partition coefficient (Wildman–Crippen LogP) is 2.29. The van der Waals surface area contributed by atoms with E-state index in [9.17, 15) is 22.8 Å². The van der Waals surface area contributed by atoms with Gasteiger partial charge in [-0.25, -0.2) is 4.39 Å². The van der Waals surface area contributed by atoms with Gasteiger partial charge < -0.3 is 15.5 Å². The molecule has 2 amide bonds. The number of rotatable bonds is 6. The highest BCUT2D eigenvalue weighted by Gasteiger charge is 2.46. The lowest BCUT2D eigenvalue weighted by atomic mass is 9.31.